The maximum absolute atomic E-state index is 6.93. The minimum Gasteiger partial charge on any atom is -0.456 e. The molecule has 12 aromatic rings. The van der Waals surface area contributed by atoms with Crippen LogP contribution in [0.2, 0.25) is 0 Å². The van der Waals surface area contributed by atoms with Crippen molar-refractivity contribution >= 4 is 75.3 Å². The zero-order chi connectivity index (χ0) is 37.5. The summed E-state index contributed by atoms with van der Waals surface area (Å²) in [6.07, 6.45) is 0. The highest BCUT2D eigenvalue weighted by molar-refractivity contribution is 7.25. The number of nitrogens with zero attached hydrogens (tertiary/aromatic N) is 4. The number of furan rings is 1. The number of benzene rings is 8. The van der Waals surface area contributed by atoms with Crippen LogP contribution in [0.15, 0.2) is 186 Å². The summed E-state index contributed by atoms with van der Waals surface area (Å²) in [6, 6.07) is 63.9. The summed E-state index contributed by atoms with van der Waals surface area (Å²) >= 11 is 1.84. The van der Waals surface area contributed by atoms with Gasteiger partial charge >= 0.3 is 0 Å². The summed E-state index contributed by atoms with van der Waals surface area (Å²) in [5.41, 5.74) is 9.91. The van der Waals surface area contributed by atoms with Crippen LogP contribution in [-0.2, 0) is 0 Å². The molecule has 266 valence electrons. The molecule has 12 rings (SSSR count). The van der Waals surface area contributed by atoms with Crippen LogP contribution in [0, 0.1) is 0 Å². The predicted octanol–water partition coefficient (Wildman–Crippen LogP) is 13.9. The van der Waals surface area contributed by atoms with Gasteiger partial charge in [0, 0.05) is 64.5 Å². The van der Waals surface area contributed by atoms with Gasteiger partial charge < -0.3 is 8.98 Å². The van der Waals surface area contributed by atoms with E-state index in [0.717, 1.165) is 66.5 Å². The van der Waals surface area contributed by atoms with Crippen molar-refractivity contribution in [2.24, 2.45) is 0 Å². The predicted molar refractivity (Wildman–Crippen MR) is 236 cm³/mol. The molecule has 0 unspecified atom stereocenters. The van der Waals surface area contributed by atoms with Gasteiger partial charge in [-0.05, 0) is 59.7 Å². The van der Waals surface area contributed by atoms with Crippen LogP contribution in [-0.4, -0.2) is 19.5 Å². The van der Waals surface area contributed by atoms with Gasteiger partial charge in [-0.1, -0.05) is 127 Å². The van der Waals surface area contributed by atoms with E-state index < -0.39 is 0 Å². The minimum absolute atomic E-state index is 0.589. The molecule has 0 saturated carbocycles. The summed E-state index contributed by atoms with van der Waals surface area (Å²) < 4.78 is 11.9. The average molecular weight is 747 g/mol. The third-order valence-corrected chi connectivity index (χ3v) is 12.2. The van der Waals surface area contributed by atoms with Crippen molar-refractivity contribution in [2.45, 2.75) is 0 Å². The fraction of sp³-hybridized carbons (Fsp3) is 0. The number of hydrogen-bond donors (Lipinski definition) is 0. The lowest BCUT2D eigenvalue weighted by Gasteiger charge is -2.12. The van der Waals surface area contributed by atoms with Crippen LogP contribution in [0.25, 0.3) is 115 Å². The first-order valence-electron chi connectivity index (χ1n) is 19.0. The van der Waals surface area contributed by atoms with Gasteiger partial charge in [0.1, 0.15) is 11.2 Å². The first-order valence-corrected chi connectivity index (χ1v) is 19.8. The fourth-order valence-corrected chi connectivity index (χ4v) is 9.51. The number of aromatic nitrogens is 4. The Labute approximate surface area is 330 Å². The van der Waals surface area contributed by atoms with Crippen LogP contribution in [0.1, 0.15) is 0 Å². The molecule has 0 aliphatic heterocycles. The number of fused-ring (bicyclic) bond motifs is 9. The first-order chi connectivity index (χ1) is 28.2. The molecule has 0 spiro atoms. The smallest absolute Gasteiger partial charge is 0.164 e. The highest BCUT2D eigenvalue weighted by atomic mass is 32.1. The highest BCUT2D eigenvalue weighted by Gasteiger charge is 2.21. The van der Waals surface area contributed by atoms with Gasteiger partial charge in [-0.15, -0.1) is 11.3 Å². The standard InChI is InChI=1S/C51H30N4OS/c1-3-13-31(14-4-1)49-52-50(32-15-5-2-6-16-32)54-51(53-49)34-23-25-39-44(28-34)56-45-30-35(55-42-20-10-7-17-36(42)37-18-8-11-21-43(37)55)29-40(48(39)45)33-24-26-47-41(27-33)38-19-9-12-22-46(38)57-47/h1-30H. The second-order valence-electron chi connectivity index (χ2n) is 14.4. The SMILES string of the molecule is c1ccc(-c2nc(-c3ccccc3)nc(-c3ccc4c(c3)oc3cc(-n5c6ccccc6c6ccccc65)cc(-c5ccc6sc7ccccc7c6c5)c34)n2)cc1. The Morgan fingerprint density at radius 1 is 0.386 bits per heavy atom. The molecule has 4 heterocycles. The molecule has 0 radical (unpaired) electrons. The van der Waals surface area contributed by atoms with Crippen molar-refractivity contribution in [3.8, 4) is 51.0 Å². The number of hydrogen-bond acceptors (Lipinski definition) is 5. The first kappa shape index (κ1) is 31.9. The van der Waals surface area contributed by atoms with E-state index in [1.165, 1.54) is 30.9 Å². The summed E-state index contributed by atoms with van der Waals surface area (Å²) in [7, 11) is 0. The summed E-state index contributed by atoms with van der Waals surface area (Å²) in [5.74, 6) is 1.84. The molecule has 4 aromatic heterocycles. The van der Waals surface area contributed by atoms with Crippen LogP contribution in [0.4, 0.5) is 0 Å². The quantitative estimate of drug-likeness (QED) is 0.176. The lowest BCUT2D eigenvalue weighted by Crippen LogP contribution is -2.00. The Morgan fingerprint density at radius 3 is 1.63 bits per heavy atom. The Morgan fingerprint density at radius 2 is 0.947 bits per heavy atom. The molecule has 0 saturated heterocycles. The average Bonchev–Trinajstić information content (AvgIpc) is 3.95. The maximum atomic E-state index is 6.93. The van der Waals surface area contributed by atoms with Crippen molar-refractivity contribution in [1.82, 2.24) is 19.5 Å². The topological polar surface area (TPSA) is 56.7 Å². The molecule has 0 amide bonds. The van der Waals surface area contributed by atoms with E-state index in [1.54, 1.807) is 0 Å². The van der Waals surface area contributed by atoms with E-state index in [-0.39, 0.29) is 0 Å². The molecule has 6 heteroatoms. The van der Waals surface area contributed by atoms with Crippen molar-refractivity contribution < 1.29 is 4.42 Å². The van der Waals surface area contributed by atoms with Gasteiger partial charge in [0.2, 0.25) is 0 Å². The molecule has 8 aromatic carbocycles. The molecule has 0 aliphatic rings. The maximum Gasteiger partial charge on any atom is 0.164 e. The Hall–Kier alpha value is -7.41. The normalized spacial score (nSPS) is 11.9. The summed E-state index contributed by atoms with van der Waals surface area (Å²) in [6.45, 7) is 0. The number of thiophene rings is 1. The number of rotatable bonds is 5. The second kappa shape index (κ2) is 12.6. The van der Waals surface area contributed by atoms with Crippen molar-refractivity contribution in [3.63, 3.8) is 0 Å². The highest BCUT2D eigenvalue weighted by Crippen LogP contribution is 2.44. The molecule has 0 aliphatic carbocycles. The molecule has 57 heavy (non-hydrogen) atoms. The van der Waals surface area contributed by atoms with Crippen LogP contribution in [0.5, 0.6) is 0 Å². The van der Waals surface area contributed by atoms with Gasteiger partial charge in [-0.25, -0.2) is 15.0 Å². The molecule has 0 atom stereocenters. The molecule has 0 N–H and O–H groups in total. The number of para-hydroxylation sites is 2. The summed E-state index contributed by atoms with van der Waals surface area (Å²) in [5, 5.41) is 7.09. The van der Waals surface area contributed by atoms with Gasteiger partial charge in [0.05, 0.1) is 16.7 Å². The van der Waals surface area contributed by atoms with E-state index in [4.69, 9.17) is 19.4 Å². The second-order valence-corrected chi connectivity index (χ2v) is 15.5. The molecule has 0 bridgehead atoms. The van der Waals surface area contributed by atoms with Gasteiger partial charge in [-0.2, -0.15) is 0 Å². The van der Waals surface area contributed by atoms with Crippen LogP contribution in [0.3, 0.4) is 0 Å². The lowest BCUT2D eigenvalue weighted by molar-refractivity contribution is 0.669. The molecular weight excluding hydrogens is 717 g/mol. The van der Waals surface area contributed by atoms with Crippen LogP contribution >= 0.6 is 11.3 Å². The third kappa shape index (κ3) is 5.12. The Balaban J connectivity index is 1.11. The molecule has 0 fully saturated rings. The fourth-order valence-electron chi connectivity index (χ4n) is 8.42. The molecule has 5 nitrogen and oxygen atoms in total. The van der Waals surface area contributed by atoms with Gasteiger partial charge in [-0.3, -0.25) is 0 Å². The lowest BCUT2D eigenvalue weighted by atomic mass is 9.96. The monoisotopic (exact) mass is 746 g/mol. The van der Waals surface area contributed by atoms with Gasteiger partial charge in [0.25, 0.3) is 0 Å². The van der Waals surface area contributed by atoms with Gasteiger partial charge in [0.15, 0.2) is 17.5 Å². The van der Waals surface area contributed by atoms with E-state index in [0.29, 0.717) is 17.5 Å². The van der Waals surface area contributed by atoms with Crippen molar-refractivity contribution in [1.29, 1.82) is 0 Å². The summed E-state index contributed by atoms with van der Waals surface area (Å²) in [4.78, 5) is 14.9. The van der Waals surface area contributed by atoms with E-state index in [9.17, 15) is 0 Å². The molecular formula is C51H30N4OS. The van der Waals surface area contributed by atoms with E-state index >= 15 is 0 Å². The zero-order valence-electron chi connectivity index (χ0n) is 30.4. The van der Waals surface area contributed by atoms with E-state index in [2.05, 4.69) is 126 Å². The van der Waals surface area contributed by atoms with Crippen molar-refractivity contribution in [2.75, 3.05) is 0 Å². The zero-order valence-corrected chi connectivity index (χ0v) is 31.2. The van der Waals surface area contributed by atoms with Crippen LogP contribution < -0.4 is 0 Å². The third-order valence-electron chi connectivity index (χ3n) is 11.0. The van der Waals surface area contributed by atoms with E-state index in [1.807, 2.05) is 72.0 Å². The largest absolute Gasteiger partial charge is 0.456 e. The Kier molecular flexibility index (Phi) is 7.03. The van der Waals surface area contributed by atoms with Crippen molar-refractivity contribution in [3.05, 3.63) is 182 Å². The Bertz CT molecular complexity index is 3420. The minimum atomic E-state index is 0.589.